The van der Waals surface area contributed by atoms with Crippen molar-refractivity contribution >= 4 is 27.5 Å². The highest BCUT2D eigenvalue weighted by atomic mass is 32.2. The molecule has 2 N–H and O–H groups in total. The van der Waals surface area contributed by atoms with E-state index >= 15 is 0 Å². The van der Waals surface area contributed by atoms with E-state index in [1.54, 1.807) is 43.3 Å². The van der Waals surface area contributed by atoms with Crippen LogP contribution >= 0.6 is 0 Å². The fraction of sp³-hybridized carbons (Fsp3) is 0.417. The lowest BCUT2D eigenvalue weighted by molar-refractivity contribution is 0.0950. The molecule has 0 aromatic heterocycles. The summed E-state index contributed by atoms with van der Waals surface area (Å²) in [5.74, 6) is -0.428. The number of piperidine rings is 1. The van der Waals surface area contributed by atoms with Crippen LogP contribution in [0.4, 0.5) is 5.69 Å². The van der Waals surface area contributed by atoms with E-state index in [2.05, 4.69) is 10.6 Å². The molecule has 0 atom stereocenters. The summed E-state index contributed by atoms with van der Waals surface area (Å²) in [4.78, 5) is 25.8. The van der Waals surface area contributed by atoms with Crippen LogP contribution in [0.15, 0.2) is 47.4 Å². The number of carbonyl (C=O) groups excluding carboxylic acids is 2. The maximum Gasteiger partial charge on any atom is 0.255 e. The number of sulfonamides is 1. The highest BCUT2D eigenvalue weighted by Gasteiger charge is 2.27. The van der Waals surface area contributed by atoms with Gasteiger partial charge in [0.1, 0.15) is 0 Å². The van der Waals surface area contributed by atoms with Gasteiger partial charge in [-0.2, -0.15) is 4.31 Å². The predicted octanol–water partition coefficient (Wildman–Crippen LogP) is 3.81. The van der Waals surface area contributed by atoms with Crippen LogP contribution < -0.4 is 10.6 Å². The largest absolute Gasteiger partial charge is 0.352 e. The van der Waals surface area contributed by atoms with Crippen LogP contribution in [0.2, 0.25) is 0 Å². The van der Waals surface area contributed by atoms with Gasteiger partial charge in [0.25, 0.3) is 11.8 Å². The molecule has 2 aromatic rings. The third-order valence-corrected chi connectivity index (χ3v) is 7.39. The number of aryl methyl sites for hydroxylation is 1. The number of rotatable bonds is 7. The Morgan fingerprint density at radius 1 is 0.969 bits per heavy atom. The Bertz CT molecular complexity index is 1090. The molecule has 1 fully saturated rings. The molecule has 1 saturated heterocycles. The molecular formula is C24H31N3O4S. The number of anilines is 1. The predicted molar refractivity (Wildman–Crippen MR) is 125 cm³/mol. The van der Waals surface area contributed by atoms with Crippen molar-refractivity contribution in [1.29, 1.82) is 0 Å². The number of carbonyl (C=O) groups is 2. The van der Waals surface area contributed by atoms with Crippen molar-refractivity contribution in [2.75, 3.05) is 25.0 Å². The molecule has 1 aliphatic heterocycles. The van der Waals surface area contributed by atoms with Crippen LogP contribution in [0.5, 0.6) is 0 Å². The normalized spacial score (nSPS) is 14.9. The van der Waals surface area contributed by atoms with Crippen molar-refractivity contribution in [2.45, 2.75) is 44.9 Å². The summed E-state index contributed by atoms with van der Waals surface area (Å²) in [6.07, 6.45) is 2.71. The summed E-state index contributed by atoms with van der Waals surface area (Å²) in [6.45, 7) is 7.28. The third kappa shape index (κ3) is 5.55. The van der Waals surface area contributed by atoms with Gasteiger partial charge in [0.15, 0.2) is 0 Å². The van der Waals surface area contributed by atoms with Crippen LogP contribution in [-0.2, 0) is 10.0 Å². The zero-order valence-corrected chi connectivity index (χ0v) is 19.7. The molecule has 0 unspecified atom stereocenters. The van der Waals surface area contributed by atoms with E-state index in [0.717, 1.165) is 19.3 Å². The molecule has 2 aromatic carbocycles. The second kappa shape index (κ2) is 10.3. The highest BCUT2D eigenvalue weighted by Crippen LogP contribution is 2.24. The molecular weight excluding hydrogens is 426 g/mol. The first-order chi connectivity index (χ1) is 15.2. The van der Waals surface area contributed by atoms with Crippen molar-refractivity contribution in [2.24, 2.45) is 5.92 Å². The Morgan fingerprint density at radius 3 is 2.34 bits per heavy atom. The zero-order valence-electron chi connectivity index (χ0n) is 18.8. The minimum Gasteiger partial charge on any atom is -0.352 e. The lowest BCUT2D eigenvalue weighted by atomic mass is 10.1. The van der Waals surface area contributed by atoms with Gasteiger partial charge >= 0.3 is 0 Å². The molecule has 7 nitrogen and oxygen atoms in total. The first-order valence-corrected chi connectivity index (χ1v) is 12.4. The van der Waals surface area contributed by atoms with Gasteiger partial charge in [0.2, 0.25) is 10.0 Å². The maximum atomic E-state index is 13.1. The number of amides is 2. The fourth-order valence-corrected chi connectivity index (χ4v) is 5.18. The van der Waals surface area contributed by atoms with E-state index in [1.165, 1.54) is 10.4 Å². The first kappa shape index (κ1) is 23.9. The Kier molecular flexibility index (Phi) is 7.69. The van der Waals surface area contributed by atoms with E-state index in [9.17, 15) is 18.0 Å². The van der Waals surface area contributed by atoms with E-state index in [1.807, 2.05) is 13.8 Å². The van der Waals surface area contributed by atoms with Crippen molar-refractivity contribution in [1.82, 2.24) is 9.62 Å². The van der Waals surface area contributed by atoms with Gasteiger partial charge in [-0.15, -0.1) is 0 Å². The van der Waals surface area contributed by atoms with Crippen molar-refractivity contribution < 1.29 is 18.0 Å². The monoisotopic (exact) mass is 457 g/mol. The number of nitrogens with zero attached hydrogens (tertiary/aromatic N) is 1. The van der Waals surface area contributed by atoms with Gasteiger partial charge in [-0.25, -0.2) is 8.42 Å². The average Bonchev–Trinajstić information content (AvgIpc) is 2.78. The molecule has 32 heavy (non-hydrogen) atoms. The lowest BCUT2D eigenvalue weighted by Crippen LogP contribution is -2.35. The van der Waals surface area contributed by atoms with Gasteiger partial charge in [0, 0.05) is 25.2 Å². The molecule has 1 aliphatic rings. The summed E-state index contributed by atoms with van der Waals surface area (Å²) in [5, 5.41) is 5.64. The molecule has 172 valence electrons. The van der Waals surface area contributed by atoms with Crippen molar-refractivity contribution in [3.05, 3.63) is 59.2 Å². The van der Waals surface area contributed by atoms with Crippen LogP contribution in [-0.4, -0.2) is 44.2 Å². The molecule has 0 radical (unpaired) electrons. The Labute approximate surface area is 190 Å². The summed E-state index contributed by atoms with van der Waals surface area (Å²) in [6, 6.07) is 11.4. The van der Waals surface area contributed by atoms with E-state index in [-0.39, 0.29) is 16.4 Å². The molecule has 1 heterocycles. The molecule has 0 bridgehead atoms. The Balaban J connectivity index is 1.85. The fourth-order valence-electron chi connectivity index (χ4n) is 3.63. The Morgan fingerprint density at radius 2 is 1.66 bits per heavy atom. The van der Waals surface area contributed by atoms with Gasteiger partial charge in [-0.05, 0) is 55.5 Å². The number of nitrogens with one attached hydrogen (secondary N) is 2. The quantitative estimate of drug-likeness (QED) is 0.661. The smallest absolute Gasteiger partial charge is 0.255 e. The van der Waals surface area contributed by atoms with E-state index in [4.69, 9.17) is 0 Å². The van der Waals surface area contributed by atoms with Gasteiger partial charge in [-0.1, -0.05) is 38.5 Å². The maximum absolute atomic E-state index is 13.1. The second-order valence-corrected chi connectivity index (χ2v) is 10.5. The summed E-state index contributed by atoms with van der Waals surface area (Å²) >= 11 is 0. The van der Waals surface area contributed by atoms with Gasteiger partial charge in [0.05, 0.1) is 16.1 Å². The van der Waals surface area contributed by atoms with Crippen molar-refractivity contribution in [3.63, 3.8) is 0 Å². The molecule has 8 heteroatoms. The van der Waals surface area contributed by atoms with Gasteiger partial charge in [-0.3, -0.25) is 9.59 Å². The number of benzene rings is 2. The van der Waals surface area contributed by atoms with Crippen LogP contribution in [0, 0.1) is 12.8 Å². The lowest BCUT2D eigenvalue weighted by Gasteiger charge is -2.26. The van der Waals surface area contributed by atoms with Crippen LogP contribution in [0.1, 0.15) is 59.4 Å². The Hall–Kier alpha value is -2.71. The summed E-state index contributed by atoms with van der Waals surface area (Å²) in [5.41, 5.74) is 1.65. The topological polar surface area (TPSA) is 95.6 Å². The first-order valence-electron chi connectivity index (χ1n) is 11.0. The minimum atomic E-state index is -3.66. The summed E-state index contributed by atoms with van der Waals surface area (Å²) < 4.78 is 27.6. The second-order valence-electron chi connectivity index (χ2n) is 8.55. The zero-order chi connectivity index (χ0) is 23.3. The molecule has 2 amide bonds. The SMILES string of the molecule is Cc1ccc(S(=O)(=O)N2CCCCC2)cc1C(=O)Nc1ccccc1C(=O)NCC(C)C. The molecule has 0 aliphatic carbocycles. The third-order valence-electron chi connectivity index (χ3n) is 5.50. The van der Waals surface area contributed by atoms with E-state index in [0.29, 0.717) is 42.4 Å². The molecule has 0 saturated carbocycles. The minimum absolute atomic E-state index is 0.109. The average molecular weight is 458 g/mol. The van der Waals surface area contributed by atoms with Crippen molar-refractivity contribution in [3.8, 4) is 0 Å². The number of hydrogen-bond acceptors (Lipinski definition) is 4. The number of hydrogen-bond donors (Lipinski definition) is 2. The van der Waals surface area contributed by atoms with Gasteiger partial charge < -0.3 is 10.6 Å². The standard InChI is InChI=1S/C24H31N3O4S/c1-17(2)16-25-23(28)20-9-5-6-10-22(20)26-24(29)21-15-19(12-11-18(21)3)32(30,31)27-13-7-4-8-14-27/h5-6,9-12,15,17H,4,7-8,13-14,16H2,1-3H3,(H,25,28)(H,26,29). The molecule has 0 spiro atoms. The number of para-hydroxylation sites is 1. The summed E-state index contributed by atoms with van der Waals surface area (Å²) in [7, 11) is -3.66. The van der Waals surface area contributed by atoms with Crippen LogP contribution in [0.3, 0.4) is 0 Å². The van der Waals surface area contributed by atoms with E-state index < -0.39 is 15.9 Å². The van der Waals surface area contributed by atoms with Crippen LogP contribution in [0.25, 0.3) is 0 Å². The highest BCUT2D eigenvalue weighted by molar-refractivity contribution is 7.89. The molecule has 3 rings (SSSR count).